The molecule has 41 heavy (non-hydrogen) atoms. The average molecular weight is 561 g/mol. The van der Waals surface area contributed by atoms with Crippen LogP contribution in [-0.2, 0) is 17.6 Å². The molecule has 2 aromatic heterocycles. The number of hydrogen-bond acceptors (Lipinski definition) is 7. The van der Waals surface area contributed by atoms with Crippen molar-refractivity contribution in [3.63, 3.8) is 0 Å². The van der Waals surface area contributed by atoms with Crippen molar-refractivity contribution >= 4 is 22.6 Å². The van der Waals surface area contributed by atoms with Gasteiger partial charge >= 0.3 is 6.01 Å². The smallest absolute Gasteiger partial charge is 0.319 e. The summed E-state index contributed by atoms with van der Waals surface area (Å²) in [5, 5.41) is 0.590. The minimum atomic E-state index is -0.948. The van der Waals surface area contributed by atoms with Crippen LogP contribution in [0, 0.1) is 5.82 Å². The van der Waals surface area contributed by atoms with Crippen LogP contribution < -0.4 is 9.64 Å². The summed E-state index contributed by atoms with van der Waals surface area (Å²) in [6.45, 7) is 5.54. The van der Waals surface area contributed by atoms with E-state index in [4.69, 9.17) is 9.72 Å². The largest absolute Gasteiger partial charge is 0.462 e. The van der Waals surface area contributed by atoms with Crippen molar-refractivity contribution in [2.24, 2.45) is 0 Å². The Labute approximate surface area is 238 Å². The van der Waals surface area contributed by atoms with Gasteiger partial charge in [0.15, 0.2) is 11.6 Å². The molecule has 10 heteroatoms. The zero-order chi connectivity index (χ0) is 28.2. The molecule has 1 aliphatic carbocycles. The van der Waals surface area contributed by atoms with E-state index in [0.717, 1.165) is 56.2 Å². The van der Waals surface area contributed by atoms with Crippen LogP contribution in [0.3, 0.4) is 0 Å². The number of nitrogens with zero attached hydrogens (tertiary/aromatic N) is 6. The Kier molecular flexibility index (Phi) is 6.60. The summed E-state index contributed by atoms with van der Waals surface area (Å²) in [4.78, 5) is 32.0. The van der Waals surface area contributed by atoms with Crippen molar-refractivity contribution in [2.45, 2.75) is 63.1 Å². The van der Waals surface area contributed by atoms with Gasteiger partial charge < -0.3 is 19.4 Å². The molecule has 0 radical (unpaired) electrons. The number of rotatable bonds is 6. The van der Waals surface area contributed by atoms with Crippen molar-refractivity contribution in [3.05, 3.63) is 53.9 Å². The lowest BCUT2D eigenvalue weighted by Gasteiger charge is -2.47. The van der Waals surface area contributed by atoms with Gasteiger partial charge in [-0.25, -0.2) is 8.78 Å². The lowest BCUT2D eigenvalue weighted by molar-refractivity contribution is -0.130. The Balaban J connectivity index is 1.28. The van der Waals surface area contributed by atoms with Gasteiger partial charge in [0.1, 0.15) is 17.9 Å². The summed E-state index contributed by atoms with van der Waals surface area (Å²) in [6.07, 6.45) is 10.5. The Bertz CT molecular complexity index is 1550. The Hall–Kier alpha value is -3.66. The first-order chi connectivity index (χ1) is 19.9. The van der Waals surface area contributed by atoms with Crippen LogP contribution in [0.1, 0.15) is 43.2 Å². The standard InChI is InChI=1S/C31H34F2N6O2/c1-18(32)30(40)38-13-11-25-26(38)16-39(25)29-23-10-9-22(24-15-34-14-19-6-3-4-8-21(19)24)27(33)28(23)35-31(36-29)41-17-20-7-5-12-37(20)2/h9-10,14-15,20,25-26H,1,3-8,11-13,16-17H2,2H3/t20?,25-,26-/m1/s1. The quantitative estimate of drug-likeness (QED) is 0.413. The van der Waals surface area contributed by atoms with E-state index in [1.54, 1.807) is 17.2 Å². The second-order valence-corrected chi connectivity index (χ2v) is 11.8. The fourth-order valence-corrected chi connectivity index (χ4v) is 7.14. The molecule has 3 aliphatic heterocycles. The van der Waals surface area contributed by atoms with Crippen molar-refractivity contribution in [1.82, 2.24) is 24.8 Å². The number of ether oxygens (including phenoxy) is 1. The van der Waals surface area contributed by atoms with E-state index in [-0.39, 0.29) is 29.7 Å². The van der Waals surface area contributed by atoms with Crippen LogP contribution in [0.15, 0.2) is 36.9 Å². The molecule has 0 spiro atoms. The maximum atomic E-state index is 16.5. The van der Waals surface area contributed by atoms with Crippen LogP contribution in [0.4, 0.5) is 14.6 Å². The lowest BCUT2D eigenvalue weighted by atomic mass is 9.87. The molecule has 3 saturated heterocycles. The number of halogens is 2. The molecule has 1 unspecified atom stereocenters. The highest BCUT2D eigenvalue weighted by molar-refractivity contribution is 5.95. The third-order valence-corrected chi connectivity index (χ3v) is 9.46. The molecular formula is C31H34F2N6O2. The molecule has 0 bridgehead atoms. The van der Waals surface area contributed by atoms with Crippen molar-refractivity contribution in [2.75, 3.05) is 38.2 Å². The molecule has 8 nitrogen and oxygen atoms in total. The second kappa shape index (κ2) is 10.3. The number of likely N-dealkylation sites (tertiary alicyclic amines) is 2. The summed E-state index contributed by atoms with van der Waals surface area (Å²) in [5.41, 5.74) is 3.86. The number of benzene rings is 1. The molecule has 214 valence electrons. The van der Waals surface area contributed by atoms with E-state index >= 15 is 4.39 Å². The second-order valence-electron chi connectivity index (χ2n) is 11.8. The third-order valence-electron chi connectivity index (χ3n) is 9.46. The van der Waals surface area contributed by atoms with Gasteiger partial charge in [0.25, 0.3) is 5.91 Å². The Morgan fingerprint density at radius 1 is 1.07 bits per heavy atom. The molecule has 4 aliphatic rings. The van der Waals surface area contributed by atoms with E-state index in [9.17, 15) is 9.18 Å². The number of fused-ring (bicyclic) bond motifs is 3. The topological polar surface area (TPSA) is 74.7 Å². The minimum Gasteiger partial charge on any atom is -0.462 e. The molecule has 0 N–H and O–H groups in total. The summed E-state index contributed by atoms with van der Waals surface area (Å²) in [6, 6.07) is 3.91. The first-order valence-electron chi connectivity index (χ1n) is 14.6. The molecule has 3 atom stereocenters. The zero-order valence-corrected chi connectivity index (χ0v) is 23.3. The van der Waals surface area contributed by atoms with E-state index in [2.05, 4.69) is 33.4 Å². The number of pyridine rings is 1. The van der Waals surface area contributed by atoms with Gasteiger partial charge in [-0.05, 0) is 75.7 Å². The molecule has 1 amide bonds. The highest BCUT2D eigenvalue weighted by Gasteiger charge is 2.50. The van der Waals surface area contributed by atoms with Crippen LogP contribution in [0.5, 0.6) is 6.01 Å². The van der Waals surface area contributed by atoms with Gasteiger partial charge in [0.05, 0.1) is 12.1 Å². The first kappa shape index (κ1) is 26.3. The summed E-state index contributed by atoms with van der Waals surface area (Å²) in [7, 11) is 2.08. The highest BCUT2D eigenvalue weighted by atomic mass is 19.1. The number of amides is 1. The minimum absolute atomic E-state index is 0.0432. The van der Waals surface area contributed by atoms with Gasteiger partial charge in [0, 0.05) is 48.0 Å². The predicted molar refractivity (Wildman–Crippen MR) is 152 cm³/mol. The fourth-order valence-electron chi connectivity index (χ4n) is 7.14. The van der Waals surface area contributed by atoms with Gasteiger partial charge in [-0.2, -0.15) is 9.97 Å². The Morgan fingerprint density at radius 3 is 2.73 bits per heavy atom. The number of carbonyl (C=O) groups is 1. The monoisotopic (exact) mass is 560 g/mol. The van der Waals surface area contributed by atoms with Crippen molar-refractivity contribution in [1.29, 1.82) is 0 Å². The van der Waals surface area contributed by atoms with E-state index in [0.29, 0.717) is 42.9 Å². The normalized spacial score (nSPS) is 23.8. The number of aromatic nitrogens is 3. The van der Waals surface area contributed by atoms with Gasteiger partial charge in [-0.15, -0.1) is 0 Å². The molecule has 1 aromatic carbocycles. The molecule has 5 heterocycles. The van der Waals surface area contributed by atoms with Crippen LogP contribution >= 0.6 is 0 Å². The maximum absolute atomic E-state index is 16.5. The molecule has 3 fully saturated rings. The lowest BCUT2D eigenvalue weighted by Crippen LogP contribution is -2.63. The van der Waals surface area contributed by atoms with Crippen LogP contribution in [-0.4, -0.2) is 82.1 Å². The van der Waals surface area contributed by atoms with E-state index in [1.165, 1.54) is 5.56 Å². The number of likely N-dealkylation sites (N-methyl/N-ethyl adjacent to an activating group) is 1. The molecule has 0 saturated carbocycles. The van der Waals surface area contributed by atoms with Crippen molar-refractivity contribution < 1.29 is 18.3 Å². The maximum Gasteiger partial charge on any atom is 0.319 e. The van der Waals surface area contributed by atoms with E-state index < -0.39 is 17.6 Å². The summed E-state index contributed by atoms with van der Waals surface area (Å²) >= 11 is 0. The average Bonchev–Trinajstić information content (AvgIpc) is 3.53. The first-order valence-corrected chi connectivity index (χ1v) is 14.6. The van der Waals surface area contributed by atoms with E-state index in [1.807, 2.05) is 12.3 Å². The molecule has 3 aromatic rings. The molecule has 7 rings (SSSR count). The summed E-state index contributed by atoms with van der Waals surface area (Å²) < 4.78 is 36.3. The van der Waals surface area contributed by atoms with Gasteiger partial charge in [0.2, 0.25) is 0 Å². The highest BCUT2D eigenvalue weighted by Crippen LogP contribution is 2.42. The fraction of sp³-hybridized carbons (Fsp3) is 0.484. The third kappa shape index (κ3) is 4.43. The summed E-state index contributed by atoms with van der Waals surface area (Å²) in [5.74, 6) is -1.44. The number of aryl methyl sites for hydroxylation is 1. The number of carbonyl (C=O) groups excluding carboxylic acids is 1. The molecular weight excluding hydrogens is 526 g/mol. The SMILES string of the molecule is C=C(F)C(=O)N1CC[C@@H]2[C@H]1CN2c1nc(OCC2CCCN2C)nc2c(F)c(-c3cncc4c3CCCC4)ccc12. The van der Waals surface area contributed by atoms with Gasteiger partial charge in [-0.3, -0.25) is 9.78 Å². The predicted octanol–water partition coefficient (Wildman–Crippen LogP) is 4.46. The zero-order valence-electron chi connectivity index (χ0n) is 23.3. The number of hydrogen-bond donors (Lipinski definition) is 0. The van der Waals surface area contributed by atoms with Gasteiger partial charge in [-0.1, -0.05) is 12.6 Å². The van der Waals surface area contributed by atoms with Crippen molar-refractivity contribution in [3.8, 4) is 17.1 Å². The Morgan fingerprint density at radius 2 is 1.93 bits per heavy atom. The van der Waals surface area contributed by atoms with Crippen LogP contribution in [0.25, 0.3) is 22.0 Å². The number of anilines is 1. The van der Waals surface area contributed by atoms with Crippen LogP contribution in [0.2, 0.25) is 0 Å².